The lowest BCUT2D eigenvalue weighted by atomic mass is 10.1. The molecule has 0 saturated carbocycles. The summed E-state index contributed by atoms with van der Waals surface area (Å²) in [5.74, 6) is -0.00346. The van der Waals surface area contributed by atoms with E-state index >= 15 is 0 Å². The minimum Gasteiger partial charge on any atom is -0.473 e. The molecule has 0 aliphatic rings. The number of benzene rings is 1. The molecule has 1 amide bonds. The first-order valence-corrected chi connectivity index (χ1v) is 11.2. The molecule has 2 N–H and O–H groups in total. The van der Waals surface area contributed by atoms with E-state index in [-0.39, 0.29) is 0 Å². The Morgan fingerprint density at radius 1 is 1.00 bits per heavy atom. The number of ether oxygens (including phenoxy) is 2. The van der Waals surface area contributed by atoms with E-state index in [1.807, 2.05) is 60.7 Å². The first-order valence-electron chi connectivity index (χ1n) is 11.2. The molecule has 35 heavy (non-hydrogen) atoms. The fraction of sp³-hybridized carbons (Fsp3) is 0.269. The largest absolute Gasteiger partial charge is 0.473 e. The number of pyridine rings is 1. The number of nitrogens with one attached hydrogen (secondary N) is 2. The van der Waals surface area contributed by atoms with Gasteiger partial charge in [-0.1, -0.05) is 42.5 Å². The van der Waals surface area contributed by atoms with E-state index in [1.165, 1.54) is 7.11 Å². The maximum Gasteiger partial charge on any atom is 0.328 e. The fourth-order valence-corrected chi connectivity index (χ4v) is 3.29. The maximum absolute atomic E-state index is 12.6. The predicted molar refractivity (Wildman–Crippen MR) is 133 cm³/mol. The normalized spacial score (nSPS) is 11.7. The highest BCUT2D eigenvalue weighted by molar-refractivity contribution is 5.98. The van der Waals surface area contributed by atoms with Gasteiger partial charge in [0.25, 0.3) is 5.91 Å². The summed E-state index contributed by atoms with van der Waals surface area (Å²) < 4.78 is 10.4. The van der Waals surface area contributed by atoms with Crippen molar-refractivity contribution in [1.29, 1.82) is 0 Å². The number of aromatic nitrogens is 3. The molecule has 1 aromatic carbocycles. The van der Waals surface area contributed by atoms with E-state index in [0.717, 1.165) is 11.3 Å². The van der Waals surface area contributed by atoms with Gasteiger partial charge in [-0.3, -0.25) is 4.79 Å². The number of rotatable bonds is 10. The Morgan fingerprint density at radius 2 is 1.71 bits per heavy atom. The summed E-state index contributed by atoms with van der Waals surface area (Å²) in [6.45, 7) is 5.91. The standard InChI is InChI=1S/C26H29N5O4/c1-17-23(24(32)28-19(3)25(33)34-4)18(2)30-26(29-17)27-15-9-13-21-12-8-14-22(31-21)35-16-20-10-6-5-7-11-20/h5-14,19H,15-16H2,1-4H3,(H,28,32)(H,27,29,30)/t19-/m0/s1. The molecule has 2 heterocycles. The second kappa shape index (κ2) is 12.3. The van der Waals surface area contributed by atoms with Crippen LogP contribution in [-0.4, -0.2) is 46.5 Å². The zero-order chi connectivity index (χ0) is 25.2. The lowest BCUT2D eigenvalue weighted by Crippen LogP contribution is -2.40. The first-order chi connectivity index (χ1) is 16.9. The van der Waals surface area contributed by atoms with Gasteiger partial charge in [-0.15, -0.1) is 0 Å². The van der Waals surface area contributed by atoms with Gasteiger partial charge in [0.2, 0.25) is 11.8 Å². The van der Waals surface area contributed by atoms with Crippen LogP contribution in [0.5, 0.6) is 5.88 Å². The molecule has 3 aromatic rings. The third-order valence-electron chi connectivity index (χ3n) is 5.04. The second-order valence-electron chi connectivity index (χ2n) is 7.77. The van der Waals surface area contributed by atoms with E-state index in [2.05, 4.69) is 30.3 Å². The summed E-state index contributed by atoms with van der Waals surface area (Å²) >= 11 is 0. The number of nitrogens with zero attached hydrogens (tertiary/aromatic N) is 3. The number of anilines is 1. The summed E-state index contributed by atoms with van der Waals surface area (Å²) in [5, 5.41) is 5.72. The fourth-order valence-electron chi connectivity index (χ4n) is 3.29. The van der Waals surface area contributed by atoms with Crippen LogP contribution in [0.4, 0.5) is 5.95 Å². The van der Waals surface area contributed by atoms with Gasteiger partial charge in [0.15, 0.2) is 0 Å². The SMILES string of the molecule is COC(=O)[C@H](C)NC(=O)c1c(C)nc(NCC=Cc2cccc(OCc3ccccc3)n2)nc1C. The van der Waals surface area contributed by atoms with Crippen molar-refractivity contribution in [2.45, 2.75) is 33.4 Å². The number of hydrogen-bond donors (Lipinski definition) is 2. The van der Waals surface area contributed by atoms with E-state index in [9.17, 15) is 9.59 Å². The lowest BCUT2D eigenvalue weighted by molar-refractivity contribution is -0.142. The van der Waals surface area contributed by atoms with Crippen molar-refractivity contribution in [3.05, 3.63) is 82.8 Å². The van der Waals surface area contributed by atoms with Gasteiger partial charge in [-0.2, -0.15) is 0 Å². The summed E-state index contributed by atoms with van der Waals surface area (Å²) in [7, 11) is 1.27. The number of amides is 1. The molecule has 0 spiro atoms. The van der Waals surface area contributed by atoms with Crippen molar-refractivity contribution in [1.82, 2.24) is 20.3 Å². The number of carbonyl (C=O) groups is 2. The van der Waals surface area contributed by atoms with E-state index < -0.39 is 17.9 Å². The average molecular weight is 476 g/mol. The number of methoxy groups -OCH3 is 1. The minimum atomic E-state index is -0.773. The number of esters is 1. The van der Waals surface area contributed by atoms with Gasteiger partial charge in [0.05, 0.1) is 29.8 Å². The number of aryl methyl sites for hydroxylation is 2. The van der Waals surface area contributed by atoms with Crippen molar-refractivity contribution in [3.8, 4) is 5.88 Å². The summed E-state index contributed by atoms with van der Waals surface area (Å²) in [6.07, 6.45) is 3.77. The molecule has 9 heteroatoms. The monoisotopic (exact) mass is 475 g/mol. The predicted octanol–water partition coefficient (Wildman–Crippen LogP) is 3.48. The smallest absolute Gasteiger partial charge is 0.328 e. The molecule has 0 saturated heterocycles. The van der Waals surface area contributed by atoms with Crippen LogP contribution < -0.4 is 15.4 Å². The molecular formula is C26H29N5O4. The van der Waals surface area contributed by atoms with Crippen LogP contribution >= 0.6 is 0 Å². The highest BCUT2D eigenvalue weighted by atomic mass is 16.5. The Bertz CT molecular complexity index is 1170. The van der Waals surface area contributed by atoms with Crippen LogP contribution in [0.25, 0.3) is 6.08 Å². The van der Waals surface area contributed by atoms with E-state index in [4.69, 9.17) is 4.74 Å². The molecule has 0 bridgehead atoms. The van der Waals surface area contributed by atoms with Crippen LogP contribution in [0, 0.1) is 13.8 Å². The van der Waals surface area contributed by atoms with Gasteiger partial charge in [0, 0.05) is 12.6 Å². The Hall–Kier alpha value is -4.27. The molecule has 0 fully saturated rings. The zero-order valence-corrected chi connectivity index (χ0v) is 20.2. The van der Waals surface area contributed by atoms with Crippen LogP contribution in [0.15, 0.2) is 54.6 Å². The number of hydrogen-bond acceptors (Lipinski definition) is 8. The Labute approximate surface area is 204 Å². The van der Waals surface area contributed by atoms with Gasteiger partial charge in [-0.25, -0.2) is 19.7 Å². The molecular weight excluding hydrogens is 446 g/mol. The molecule has 0 aliphatic carbocycles. The maximum atomic E-state index is 12.6. The summed E-state index contributed by atoms with van der Waals surface area (Å²) in [4.78, 5) is 37.3. The Balaban J connectivity index is 1.56. The average Bonchev–Trinajstić information content (AvgIpc) is 2.85. The molecule has 0 unspecified atom stereocenters. The van der Waals surface area contributed by atoms with Crippen molar-refractivity contribution in [3.63, 3.8) is 0 Å². The Morgan fingerprint density at radius 3 is 2.40 bits per heavy atom. The topological polar surface area (TPSA) is 115 Å². The van der Waals surface area contributed by atoms with Gasteiger partial charge in [0.1, 0.15) is 12.6 Å². The van der Waals surface area contributed by atoms with E-state index in [0.29, 0.717) is 41.9 Å². The third kappa shape index (κ3) is 7.36. The molecule has 3 rings (SSSR count). The van der Waals surface area contributed by atoms with Crippen LogP contribution in [-0.2, 0) is 16.1 Å². The Kier molecular flexibility index (Phi) is 8.89. The summed E-state index contributed by atoms with van der Waals surface area (Å²) in [5.41, 5.74) is 3.18. The first kappa shape index (κ1) is 25.4. The quantitative estimate of drug-likeness (QED) is 0.428. The highest BCUT2D eigenvalue weighted by Gasteiger charge is 2.21. The molecule has 1 atom stereocenters. The number of carbonyl (C=O) groups excluding carboxylic acids is 2. The van der Waals surface area contributed by atoms with Gasteiger partial charge >= 0.3 is 5.97 Å². The van der Waals surface area contributed by atoms with Crippen molar-refractivity contribution >= 4 is 23.9 Å². The third-order valence-corrected chi connectivity index (χ3v) is 5.04. The molecule has 2 aromatic heterocycles. The van der Waals surface area contributed by atoms with Crippen LogP contribution in [0.1, 0.15) is 39.9 Å². The van der Waals surface area contributed by atoms with Crippen molar-refractivity contribution in [2.24, 2.45) is 0 Å². The molecule has 0 radical (unpaired) electrons. The lowest BCUT2D eigenvalue weighted by Gasteiger charge is -2.14. The second-order valence-corrected chi connectivity index (χ2v) is 7.77. The highest BCUT2D eigenvalue weighted by Crippen LogP contribution is 2.14. The van der Waals surface area contributed by atoms with E-state index in [1.54, 1.807) is 20.8 Å². The minimum absolute atomic E-state index is 0.332. The molecule has 0 aliphatic heterocycles. The molecule has 9 nitrogen and oxygen atoms in total. The van der Waals surface area contributed by atoms with Crippen molar-refractivity contribution in [2.75, 3.05) is 19.0 Å². The van der Waals surface area contributed by atoms with Gasteiger partial charge in [-0.05, 0) is 38.5 Å². The van der Waals surface area contributed by atoms with Crippen molar-refractivity contribution < 1.29 is 19.1 Å². The summed E-state index contributed by atoms with van der Waals surface area (Å²) in [6, 6.07) is 14.7. The van der Waals surface area contributed by atoms with Crippen LogP contribution in [0.2, 0.25) is 0 Å². The zero-order valence-electron chi connectivity index (χ0n) is 20.2. The van der Waals surface area contributed by atoms with Crippen LogP contribution in [0.3, 0.4) is 0 Å². The van der Waals surface area contributed by atoms with Gasteiger partial charge < -0.3 is 20.1 Å². The molecule has 182 valence electrons.